The molecule has 0 aliphatic carbocycles. The molecule has 0 N–H and O–H groups in total. The van der Waals surface area contributed by atoms with Crippen LogP contribution in [-0.4, -0.2) is 30.2 Å². The van der Waals surface area contributed by atoms with Gasteiger partial charge in [-0.15, -0.1) is 0 Å². The summed E-state index contributed by atoms with van der Waals surface area (Å²) in [6.07, 6.45) is 2.91. The molecule has 0 saturated heterocycles. The number of hydrogen-bond donors (Lipinski definition) is 0. The number of ether oxygens (including phenoxy) is 1. The van der Waals surface area contributed by atoms with Gasteiger partial charge < -0.3 is 9.16 Å². The number of carbonyl (C=O) groups is 1. The molecular weight excluding hydrogens is 172 g/mol. The number of carbonyl (C=O) groups excluding carboxylic acids is 1. The summed E-state index contributed by atoms with van der Waals surface area (Å²) in [6.45, 7) is 5.69. The van der Waals surface area contributed by atoms with Crippen molar-refractivity contribution >= 4 is 16.5 Å². The molecule has 0 atom stereocenters. The maximum absolute atomic E-state index is 10.5. The maximum Gasteiger partial charge on any atom is 0.306 e. The lowest BCUT2D eigenvalue weighted by atomic mass is 10.3. The van der Waals surface area contributed by atoms with E-state index in [0.717, 1.165) is 16.9 Å². The zero-order valence-corrected chi connectivity index (χ0v) is 10.1. The average Bonchev–Trinajstić information content (AvgIpc) is 2.03. The van der Waals surface area contributed by atoms with Gasteiger partial charge in [0.15, 0.2) is 0 Å². The van der Waals surface area contributed by atoms with Crippen molar-refractivity contribution in [2.24, 2.45) is 0 Å². The van der Waals surface area contributed by atoms with Crippen molar-refractivity contribution in [3.05, 3.63) is 12.7 Å². The number of hydrogen-bond acceptors (Lipinski definition) is 3. The van der Waals surface area contributed by atoms with Gasteiger partial charge in [0.1, 0.15) is 17.1 Å². The fraction of sp³-hybridized carbons (Fsp3) is 0.625. The Bertz CT molecular complexity index is 115. The third kappa shape index (κ3) is 16.2. The molecule has 0 radical (unpaired) electrons. The molecule has 0 aromatic rings. The van der Waals surface area contributed by atoms with Gasteiger partial charge in [-0.05, 0) is 6.42 Å². The van der Waals surface area contributed by atoms with E-state index < -0.39 is 0 Å². The summed E-state index contributed by atoms with van der Waals surface area (Å²) in [4.78, 5) is 10.5. The lowest BCUT2D eigenvalue weighted by molar-refractivity contribution is -0.142. The van der Waals surface area contributed by atoms with Crippen molar-refractivity contribution < 1.29 is 14.0 Å². The molecule has 0 aliphatic heterocycles. The predicted octanol–water partition coefficient (Wildman–Crippen LogP) is 0.429. The van der Waals surface area contributed by atoms with Crippen molar-refractivity contribution in [2.75, 3.05) is 13.7 Å². The second kappa shape index (κ2) is 13.0. The molecule has 12 heavy (non-hydrogen) atoms. The second-order valence-electron chi connectivity index (χ2n) is 2.13. The third-order valence-corrected chi connectivity index (χ3v) is 0.816. The highest BCUT2D eigenvalue weighted by Crippen LogP contribution is 1.89. The molecule has 0 bridgehead atoms. The van der Waals surface area contributed by atoms with Crippen LogP contribution >= 0.6 is 0 Å². The van der Waals surface area contributed by atoms with Gasteiger partial charge in [-0.25, -0.2) is 0 Å². The minimum atomic E-state index is -0.141. The molecule has 0 spiro atoms. The van der Waals surface area contributed by atoms with Gasteiger partial charge >= 0.3 is 5.97 Å². The van der Waals surface area contributed by atoms with E-state index in [9.17, 15) is 4.79 Å². The standard InChI is InChI=1S/C7H12O2.CH6OSi/c1-3-5-7(8)9-6-4-2;1-2-3/h4H,2-3,5-6H2,1H3;1,3H3. The monoisotopic (exact) mass is 190 g/mol. The van der Waals surface area contributed by atoms with Gasteiger partial charge in [-0.3, -0.25) is 4.79 Å². The average molecular weight is 190 g/mol. The largest absolute Gasteiger partial charge is 0.461 e. The van der Waals surface area contributed by atoms with Gasteiger partial charge in [0.25, 0.3) is 0 Å². The summed E-state index contributed by atoms with van der Waals surface area (Å²) in [5.74, 6) is -0.141. The van der Waals surface area contributed by atoms with E-state index in [2.05, 4.69) is 15.7 Å². The van der Waals surface area contributed by atoms with Crippen LogP contribution in [0.4, 0.5) is 0 Å². The summed E-state index contributed by atoms with van der Waals surface area (Å²) in [5, 5.41) is 0. The van der Waals surface area contributed by atoms with Crippen molar-refractivity contribution in [3.8, 4) is 0 Å². The highest BCUT2D eigenvalue weighted by atomic mass is 28.2. The normalized spacial score (nSPS) is 8.17. The fourth-order valence-electron chi connectivity index (χ4n) is 0.428. The Hall–Kier alpha value is -0.613. The van der Waals surface area contributed by atoms with Crippen molar-refractivity contribution in [3.63, 3.8) is 0 Å². The van der Waals surface area contributed by atoms with Crippen molar-refractivity contribution in [1.82, 2.24) is 0 Å². The lowest BCUT2D eigenvalue weighted by Gasteiger charge is -1.97. The summed E-state index contributed by atoms with van der Waals surface area (Å²) < 4.78 is 9.06. The van der Waals surface area contributed by atoms with E-state index in [0.29, 0.717) is 13.0 Å². The lowest BCUT2D eigenvalue weighted by Crippen LogP contribution is -2.02. The van der Waals surface area contributed by atoms with Crippen LogP contribution in [0.3, 0.4) is 0 Å². The molecular formula is C8H18O3Si. The number of rotatable bonds is 4. The van der Waals surface area contributed by atoms with E-state index in [1.807, 2.05) is 6.92 Å². The summed E-state index contributed by atoms with van der Waals surface area (Å²) in [5.41, 5.74) is 0. The van der Waals surface area contributed by atoms with Crippen LogP contribution in [0.2, 0.25) is 0 Å². The molecule has 3 nitrogen and oxygen atoms in total. The van der Waals surface area contributed by atoms with Crippen LogP contribution in [0.1, 0.15) is 19.8 Å². The van der Waals surface area contributed by atoms with Gasteiger partial charge in [0.05, 0.1) is 0 Å². The number of esters is 1. The van der Waals surface area contributed by atoms with E-state index in [1.165, 1.54) is 0 Å². The molecule has 0 aliphatic rings. The van der Waals surface area contributed by atoms with E-state index >= 15 is 0 Å². The molecule has 0 aromatic heterocycles. The van der Waals surface area contributed by atoms with Crippen LogP contribution in [0.5, 0.6) is 0 Å². The Kier molecular flexibility index (Phi) is 15.1. The molecule has 4 heteroatoms. The Morgan fingerprint density at radius 3 is 2.50 bits per heavy atom. The first kappa shape index (κ1) is 13.9. The topological polar surface area (TPSA) is 35.5 Å². The van der Waals surface area contributed by atoms with Crippen LogP contribution < -0.4 is 0 Å². The fourth-order valence-corrected chi connectivity index (χ4v) is 0.428. The maximum atomic E-state index is 10.5. The van der Waals surface area contributed by atoms with E-state index in [1.54, 1.807) is 13.2 Å². The summed E-state index contributed by atoms with van der Waals surface area (Å²) in [7, 11) is 2.56. The molecule has 0 unspecified atom stereocenters. The summed E-state index contributed by atoms with van der Waals surface area (Å²) >= 11 is 0. The zero-order chi connectivity index (χ0) is 9.82. The molecule has 0 aromatic carbocycles. The second-order valence-corrected chi connectivity index (χ2v) is 2.95. The highest BCUT2D eigenvalue weighted by molar-refractivity contribution is 5.97. The predicted molar refractivity (Wildman–Crippen MR) is 53.0 cm³/mol. The Morgan fingerprint density at radius 1 is 1.67 bits per heavy atom. The SMILES string of the molecule is C=CCOC(=O)CCC.CO[SiH3]. The minimum absolute atomic E-state index is 0.141. The molecule has 0 saturated carbocycles. The van der Waals surface area contributed by atoms with E-state index in [-0.39, 0.29) is 5.97 Å². The van der Waals surface area contributed by atoms with Gasteiger partial charge in [-0.1, -0.05) is 19.6 Å². The molecule has 0 fully saturated rings. The molecule has 72 valence electrons. The van der Waals surface area contributed by atoms with Crippen molar-refractivity contribution in [2.45, 2.75) is 19.8 Å². The highest BCUT2D eigenvalue weighted by Gasteiger charge is 1.96. The quantitative estimate of drug-likeness (QED) is 0.366. The van der Waals surface area contributed by atoms with Crippen LogP contribution in [0.25, 0.3) is 0 Å². The molecule has 0 amide bonds. The van der Waals surface area contributed by atoms with Gasteiger partial charge in [-0.2, -0.15) is 0 Å². The van der Waals surface area contributed by atoms with Gasteiger partial charge in [0.2, 0.25) is 0 Å². The Morgan fingerprint density at radius 2 is 2.17 bits per heavy atom. The van der Waals surface area contributed by atoms with E-state index in [4.69, 9.17) is 0 Å². The Labute approximate surface area is 77.3 Å². The van der Waals surface area contributed by atoms with Crippen LogP contribution in [-0.2, 0) is 14.0 Å². The van der Waals surface area contributed by atoms with Crippen LogP contribution in [0, 0.1) is 0 Å². The zero-order valence-electron chi connectivity index (χ0n) is 8.13. The first-order valence-corrected chi connectivity index (χ1v) is 4.71. The first-order valence-electron chi connectivity index (χ1n) is 3.89. The smallest absolute Gasteiger partial charge is 0.306 e. The Balaban J connectivity index is 0. The molecule has 0 rings (SSSR count). The summed E-state index contributed by atoms with van der Waals surface area (Å²) in [6, 6.07) is 0. The van der Waals surface area contributed by atoms with Gasteiger partial charge in [0, 0.05) is 13.5 Å². The van der Waals surface area contributed by atoms with Crippen molar-refractivity contribution in [1.29, 1.82) is 0 Å². The molecule has 0 heterocycles. The first-order chi connectivity index (χ1) is 5.72. The van der Waals surface area contributed by atoms with Crippen LogP contribution in [0.15, 0.2) is 12.7 Å². The minimum Gasteiger partial charge on any atom is -0.461 e. The third-order valence-electron chi connectivity index (χ3n) is 0.816.